The third-order valence-corrected chi connectivity index (χ3v) is 5.78. The van der Waals surface area contributed by atoms with Crippen LogP contribution in [-0.4, -0.2) is 39.8 Å². The van der Waals surface area contributed by atoms with Crippen LogP contribution in [0.25, 0.3) is 0 Å². The van der Waals surface area contributed by atoms with Gasteiger partial charge in [0.2, 0.25) is 0 Å². The highest BCUT2D eigenvalue weighted by Crippen LogP contribution is 2.25. The average molecular weight is 426 g/mol. The molecule has 1 fully saturated rings. The first-order valence-electron chi connectivity index (χ1n) is 10.0. The van der Waals surface area contributed by atoms with Gasteiger partial charge in [0, 0.05) is 43.4 Å². The third kappa shape index (κ3) is 4.00. The van der Waals surface area contributed by atoms with Crippen LogP contribution in [0.4, 0.5) is 17.1 Å². The second-order valence-electron chi connectivity index (χ2n) is 7.32. The van der Waals surface area contributed by atoms with Gasteiger partial charge in [-0.05, 0) is 36.2 Å². The summed E-state index contributed by atoms with van der Waals surface area (Å²) in [6.07, 6.45) is 0.699. The smallest absolute Gasteiger partial charge is 0.253 e. The van der Waals surface area contributed by atoms with E-state index < -0.39 is 10.9 Å². The van der Waals surface area contributed by atoms with Crippen LogP contribution in [0.15, 0.2) is 58.1 Å². The van der Waals surface area contributed by atoms with Gasteiger partial charge < -0.3 is 19.9 Å². The number of anilines is 3. The van der Waals surface area contributed by atoms with Crippen molar-refractivity contribution in [2.24, 2.45) is 0 Å². The van der Waals surface area contributed by atoms with E-state index >= 15 is 0 Å². The molecule has 0 atom stereocenters. The van der Waals surface area contributed by atoms with Crippen LogP contribution in [0.5, 0.6) is 5.75 Å². The van der Waals surface area contributed by atoms with Crippen molar-refractivity contribution in [2.45, 2.75) is 6.42 Å². The lowest BCUT2D eigenvalue weighted by Gasteiger charge is -2.38. The predicted molar refractivity (Wildman–Crippen MR) is 122 cm³/mol. The summed E-state index contributed by atoms with van der Waals surface area (Å²) >= 11 is 6.10. The maximum atomic E-state index is 12.3. The normalized spacial score (nSPS) is 14.2. The van der Waals surface area contributed by atoms with E-state index in [1.807, 2.05) is 53.4 Å². The summed E-state index contributed by atoms with van der Waals surface area (Å²) in [5, 5.41) is 3.89. The van der Waals surface area contributed by atoms with Gasteiger partial charge in [0.1, 0.15) is 17.1 Å². The Labute approximate surface area is 180 Å². The molecular formula is C23H24ClN3O3. The van der Waals surface area contributed by atoms with Crippen molar-refractivity contribution in [2.75, 3.05) is 55.0 Å². The summed E-state index contributed by atoms with van der Waals surface area (Å²) in [5.41, 5.74) is 2.26. The SMILES string of the molecule is COc1ccccc1CCNc1c(N2CCN(c3cccc(Cl)c3)CC2)c(=O)c1=O. The first-order chi connectivity index (χ1) is 14.6. The van der Waals surface area contributed by atoms with Gasteiger partial charge in [-0.25, -0.2) is 0 Å². The van der Waals surface area contributed by atoms with Gasteiger partial charge in [-0.2, -0.15) is 0 Å². The van der Waals surface area contributed by atoms with Crippen LogP contribution >= 0.6 is 11.6 Å². The van der Waals surface area contributed by atoms with Crippen molar-refractivity contribution in [3.63, 3.8) is 0 Å². The zero-order chi connectivity index (χ0) is 21.1. The predicted octanol–water partition coefficient (Wildman–Crippen LogP) is 2.93. The van der Waals surface area contributed by atoms with Gasteiger partial charge in [-0.1, -0.05) is 35.9 Å². The van der Waals surface area contributed by atoms with Gasteiger partial charge in [-0.3, -0.25) is 9.59 Å². The van der Waals surface area contributed by atoms with E-state index in [1.165, 1.54) is 0 Å². The van der Waals surface area contributed by atoms with E-state index in [9.17, 15) is 9.59 Å². The molecule has 0 aliphatic carbocycles. The molecular weight excluding hydrogens is 402 g/mol. The number of rotatable bonds is 7. The lowest BCUT2D eigenvalue weighted by atomic mass is 10.1. The van der Waals surface area contributed by atoms with Gasteiger partial charge in [0.15, 0.2) is 0 Å². The number of ether oxygens (including phenoxy) is 1. The molecule has 1 aliphatic heterocycles. The summed E-state index contributed by atoms with van der Waals surface area (Å²) in [5.74, 6) is 0.821. The Morgan fingerprint density at radius 3 is 2.43 bits per heavy atom. The monoisotopic (exact) mass is 425 g/mol. The first-order valence-corrected chi connectivity index (χ1v) is 10.4. The second-order valence-corrected chi connectivity index (χ2v) is 7.76. The van der Waals surface area contributed by atoms with E-state index in [0.717, 1.165) is 30.1 Å². The number of nitrogens with one attached hydrogen (secondary N) is 1. The molecule has 0 aromatic heterocycles. The van der Waals surface area contributed by atoms with Crippen molar-refractivity contribution in [1.82, 2.24) is 0 Å². The number of halogens is 1. The molecule has 30 heavy (non-hydrogen) atoms. The molecule has 1 aliphatic rings. The number of piperazine rings is 1. The quantitative estimate of drug-likeness (QED) is 0.587. The molecule has 1 N–H and O–H groups in total. The maximum absolute atomic E-state index is 12.3. The molecule has 7 heteroatoms. The van der Waals surface area contributed by atoms with Gasteiger partial charge in [-0.15, -0.1) is 0 Å². The van der Waals surface area contributed by atoms with E-state index in [4.69, 9.17) is 16.3 Å². The molecule has 156 valence electrons. The molecule has 1 saturated heterocycles. The Hall–Kier alpha value is -2.99. The highest BCUT2D eigenvalue weighted by molar-refractivity contribution is 6.30. The molecule has 0 radical (unpaired) electrons. The van der Waals surface area contributed by atoms with Crippen LogP contribution < -0.4 is 30.7 Å². The van der Waals surface area contributed by atoms with Crippen molar-refractivity contribution in [3.8, 4) is 5.75 Å². The topological polar surface area (TPSA) is 61.9 Å². The second kappa shape index (κ2) is 8.79. The van der Waals surface area contributed by atoms with Crippen molar-refractivity contribution in [3.05, 3.63) is 79.6 Å². The van der Waals surface area contributed by atoms with E-state index in [0.29, 0.717) is 42.5 Å². The molecule has 0 bridgehead atoms. The summed E-state index contributed by atoms with van der Waals surface area (Å²) in [7, 11) is 1.64. The van der Waals surface area contributed by atoms with Gasteiger partial charge >= 0.3 is 0 Å². The standard InChI is InChI=1S/C23H24ClN3O3/c1-30-19-8-3-2-5-16(19)9-10-25-20-21(23(29)22(20)28)27-13-11-26(12-14-27)18-7-4-6-17(24)15-18/h2-8,15,25H,9-14H2,1H3. The molecule has 0 saturated carbocycles. The molecule has 3 aromatic rings. The summed E-state index contributed by atoms with van der Waals surface area (Å²) in [6.45, 7) is 3.44. The number of nitrogens with zero attached hydrogens (tertiary/aromatic N) is 2. The van der Waals surface area contributed by atoms with Crippen LogP contribution in [0.3, 0.4) is 0 Å². The Morgan fingerprint density at radius 1 is 0.967 bits per heavy atom. The molecule has 4 rings (SSSR count). The van der Waals surface area contributed by atoms with Crippen molar-refractivity contribution in [1.29, 1.82) is 0 Å². The van der Waals surface area contributed by atoms with Crippen LogP contribution in [0.1, 0.15) is 5.56 Å². The van der Waals surface area contributed by atoms with Crippen LogP contribution in [0, 0.1) is 0 Å². The van der Waals surface area contributed by atoms with Gasteiger partial charge in [0.25, 0.3) is 10.9 Å². The molecule has 0 spiro atoms. The molecule has 3 aromatic carbocycles. The fraction of sp³-hybridized carbons (Fsp3) is 0.304. The zero-order valence-corrected chi connectivity index (χ0v) is 17.6. The third-order valence-electron chi connectivity index (χ3n) is 5.54. The van der Waals surface area contributed by atoms with E-state index in [1.54, 1.807) is 7.11 Å². The number of methoxy groups -OCH3 is 1. The summed E-state index contributed by atoms with van der Waals surface area (Å²) in [4.78, 5) is 28.7. The lowest BCUT2D eigenvalue weighted by Crippen LogP contribution is -2.51. The van der Waals surface area contributed by atoms with Crippen molar-refractivity contribution < 1.29 is 4.74 Å². The first kappa shape index (κ1) is 20.3. The van der Waals surface area contributed by atoms with Crippen LogP contribution in [0.2, 0.25) is 5.02 Å². The fourth-order valence-electron chi connectivity index (χ4n) is 3.94. The van der Waals surface area contributed by atoms with Crippen LogP contribution in [-0.2, 0) is 6.42 Å². The molecule has 0 unspecified atom stereocenters. The number of hydrogen-bond acceptors (Lipinski definition) is 6. The number of hydrogen-bond donors (Lipinski definition) is 1. The fourth-order valence-corrected chi connectivity index (χ4v) is 4.12. The number of para-hydroxylation sites is 1. The Bertz CT molecular complexity index is 1100. The summed E-state index contributed by atoms with van der Waals surface area (Å²) in [6, 6.07) is 15.6. The van der Waals surface area contributed by atoms with Crippen molar-refractivity contribution >= 4 is 28.7 Å². The Balaban J connectivity index is 1.39. The Morgan fingerprint density at radius 2 is 1.70 bits per heavy atom. The molecule has 6 nitrogen and oxygen atoms in total. The highest BCUT2D eigenvalue weighted by atomic mass is 35.5. The summed E-state index contributed by atoms with van der Waals surface area (Å²) < 4.78 is 5.37. The Kier molecular flexibility index (Phi) is 5.95. The lowest BCUT2D eigenvalue weighted by molar-refractivity contribution is 0.410. The molecule has 1 heterocycles. The minimum atomic E-state index is -0.428. The number of benzene rings is 2. The highest BCUT2D eigenvalue weighted by Gasteiger charge is 2.28. The molecule has 0 amide bonds. The van der Waals surface area contributed by atoms with Gasteiger partial charge in [0.05, 0.1) is 7.11 Å². The largest absolute Gasteiger partial charge is 0.496 e. The maximum Gasteiger partial charge on any atom is 0.253 e. The van der Waals surface area contributed by atoms with E-state index in [-0.39, 0.29) is 0 Å². The zero-order valence-electron chi connectivity index (χ0n) is 16.9. The minimum absolute atomic E-state index is 0.397. The van der Waals surface area contributed by atoms with E-state index in [2.05, 4.69) is 10.2 Å². The minimum Gasteiger partial charge on any atom is -0.496 e. The average Bonchev–Trinajstić information content (AvgIpc) is 2.78.